The topological polar surface area (TPSA) is 141 Å². The second kappa shape index (κ2) is 6.90. The Balaban J connectivity index is 1.60. The third-order valence-electron chi connectivity index (χ3n) is 4.75. The highest BCUT2D eigenvalue weighted by Crippen LogP contribution is 2.31. The molecule has 4 rings (SSSR count). The Bertz CT molecular complexity index is 1280. The second-order valence-corrected chi connectivity index (χ2v) is 10.4. The van der Waals surface area contributed by atoms with Gasteiger partial charge in [-0.25, -0.2) is 22.0 Å². The number of hydrogen-bond donors (Lipinski definition) is 1. The quantitative estimate of drug-likeness (QED) is 0.603. The first-order valence-corrected chi connectivity index (χ1v) is 12.0. The number of aromatic nitrogens is 4. The lowest BCUT2D eigenvalue weighted by molar-refractivity contribution is 0.597. The zero-order valence-electron chi connectivity index (χ0n) is 15.4. The van der Waals surface area contributed by atoms with Crippen LogP contribution in [0.1, 0.15) is 11.4 Å². The lowest BCUT2D eigenvalue weighted by Gasteiger charge is -2.19. The number of nitrogens with two attached hydrogens (primary N) is 1. The predicted octanol–water partition coefficient (Wildman–Crippen LogP) is 0.276. The molecule has 1 aliphatic heterocycles. The minimum absolute atomic E-state index is 0.0916. The molecule has 2 heterocycles. The van der Waals surface area contributed by atoms with E-state index < -0.39 is 19.9 Å². The van der Waals surface area contributed by atoms with Gasteiger partial charge in [0.05, 0.1) is 22.0 Å². The number of anilines is 1. The molecular formula is C17H18N6O4S2. The molecular weight excluding hydrogens is 416 g/mol. The van der Waals surface area contributed by atoms with Crippen molar-refractivity contribution in [2.75, 3.05) is 17.7 Å². The van der Waals surface area contributed by atoms with E-state index in [0.29, 0.717) is 31.0 Å². The lowest BCUT2D eigenvalue weighted by Crippen LogP contribution is -2.22. The van der Waals surface area contributed by atoms with Crippen LogP contribution in [0.5, 0.6) is 0 Å². The van der Waals surface area contributed by atoms with Gasteiger partial charge in [-0.05, 0) is 64.9 Å². The summed E-state index contributed by atoms with van der Waals surface area (Å²) in [6, 6.07) is 11.1. The highest BCUT2D eigenvalue weighted by molar-refractivity contribution is 7.90. The van der Waals surface area contributed by atoms with Gasteiger partial charge in [-0.3, -0.25) is 0 Å². The summed E-state index contributed by atoms with van der Waals surface area (Å²) in [6.07, 6.45) is 1.83. The van der Waals surface area contributed by atoms with Crippen LogP contribution in [0, 0.1) is 0 Å². The molecule has 3 aromatic rings. The largest absolute Gasteiger partial charge is 0.363 e. The van der Waals surface area contributed by atoms with Gasteiger partial charge in [-0.15, -0.1) is 5.10 Å². The fourth-order valence-corrected chi connectivity index (χ4v) is 4.49. The SMILES string of the molecule is CS(=O)(=O)c1ccc(-n2nnnc2CN2CCc3cc(S(N)(=O)=O)ccc32)cc1. The molecule has 2 aromatic carbocycles. The van der Waals surface area contributed by atoms with E-state index in [1.165, 1.54) is 18.2 Å². The Labute approximate surface area is 167 Å². The number of hydrogen-bond acceptors (Lipinski definition) is 8. The summed E-state index contributed by atoms with van der Waals surface area (Å²) in [5.41, 5.74) is 2.44. The van der Waals surface area contributed by atoms with Crippen LogP contribution in [0.15, 0.2) is 52.3 Å². The van der Waals surface area contributed by atoms with Crippen molar-refractivity contribution in [1.29, 1.82) is 0 Å². The van der Waals surface area contributed by atoms with Crippen molar-refractivity contribution in [3.63, 3.8) is 0 Å². The van der Waals surface area contributed by atoms with Crippen molar-refractivity contribution >= 4 is 25.5 Å². The monoisotopic (exact) mass is 434 g/mol. The maximum absolute atomic E-state index is 11.6. The molecule has 12 heteroatoms. The molecule has 0 spiro atoms. The molecule has 29 heavy (non-hydrogen) atoms. The minimum atomic E-state index is -3.75. The third kappa shape index (κ3) is 3.86. The van der Waals surface area contributed by atoms with Gasteiger partial charge < -0.3 is 4.90 Å². The van der Waals surface area contributed by atoms with E-state index in [1.54, 1.807) is 28.9 Å². The average Bonchev–Trinajstić information content (AvgIpc) is 3.27. The van der Waals surface area contributed by atoms with Gasteiger partial charge in [0.1, 0.15) is 0 Å². The first-order chi connectivity index (χ1) is 13.6. The summed E-state index contributed by atoms with van der Waals surface area (Å²) in [5.74, 6) is 0.570. The Morgan fingerprint density at radius 1 is 1.03 bits per heavy atom. The van der Waals surface area contributed by atoms with Crippen LogP contribution < -0.4 is 10.0 Å². The van der Waals surface area contributed by atoms with E-state index in [2.05, 4.69) is 20.4 Å². The standard InChI is InChI=1S/C17H18N6O4S2/c1-28(24,25)14-4-2-13(3-5-14)23-17(19-20-21-23)11-22-9-8-12-10-15(29(18,26)27)6-7-16(12)22/h2-7,10H,8-9,11H2,1H3,(H2,18,26,27). The summed E-state index contributed by atoms with van der Waals surface area (Å²) in [6.45, 7) is 1.09. The summed E-state index contributed by atoms with van der Waals surface area (Å²) >= 11 is 0. The van der Waals surface area contributed by atoms with E-state index in [1.807, 2.05) is 0 Å². The maximum Gasteiger partial charge on any atom is 0.238 e. The molecule has 0 aliphatic carbocycles. The van der Waals surface area contributed by atoms with Crippen LogP contribution in [0.4, 0.5) is 5.69 Å². The van der Waals surface area contributed by atoms with E-state index in [4.69, 9.17) is 5.14 Å². The van der Waals surface area contributed by atoms with E-state index >= 15 is 0 Å². The third-order valence-corrected chi connectivity index (χ3v) is 6.79. The fraction of sp³-hybridized carbons (Fsp3) is 0.235. The Kier molecular flexibility index (Phi) is 4.63. The molecule has 1 aliphatic rings. The molecule has 0 saturated carbocycles. The normalized spacial score (nSPS) is 14.2. The molecule has 0 saturated heterocycles. The van der Waals surface area contributed by atoms with Gasteiger partial charge in [-0.2, -0.15) is 4.68 Å². The van der Waals surface area contributed by atoms with Gasteiger partial charge in [0.2, 0.25) is 10.0 Å². The molecule has 152 valence electrons. The first-order valence-electron chi connectivity index (χ1n) is 8.61. The fourth-order valence-electron chi connectivity index (χ4n) is 3.30. The molecule has 0 fully saturated rings. The van der Waals surface area contributed by atoms with E-state index in [0.717, 1.165) is 17.5 Å². The van der Waals surface area contributed by atoms with Crippen molar-refractivity contribution in [2.24, 2.45) is 5.14 Å². The van der Waals surface area contributed by atoms with Crippen LogP contribution in [0.3, 0.4) is 0 Å². The van der Waals surface area contributed by atoms with Gasteiger partial charge >= 0.3 is 0 Å². The molecule has 0 atom stereocenters. The van der Waals surface area contributed by atoms with E-state index in [-0.39, 0.29) is 9.79 Å². The highest BCUT2D eigenvalue weighted by Gasteiger charge is 2.23. The smallest absolute Gasteiger partial charge is 0.238 e. The van der Waals surface area contributed by atoms with Gasteiger partial charge in [0.25, 0.3) is 0 Å². The number of fused-ring (bicyclic) bond motifs is 1. The van der Waals surface area contributed by atoms with Crippen molar-refractivity contribution < 1.29 is 16.8 Å². The summed E-state index contributed by atoms with van der Waals surface area (Å²) < 4.78 is 47.9. The van der Waals surface area contributed by atoms with Crippen molar-refractivity contribution in [3.8, 4) is 5.69 Å². The zero-order valence-corrected chi connectivity index (χ0v) is 17.1. The Hall–Kier alpha value is -2.83. The van der Waals surface area contributed by atoms with Crippen molar-refractivity contribution in [3.05, 3.63) is 53.9 Å². The predicted molar refractivity (Wildman–Crippen MR) is 105 cm³/mol. The molecule has 10 nitrogen and oxygen atoms in total. The zero-order chi connectivity index (χ0) is 20.8. The number of rotatable bonds is 5. The van der Waals surface area contributed by atoms with E-state index in [9.17, 15) is 16.8 Å². The number of sulfone groups is 1. The number of primary sulfonamides is 1. The highest BCUT2D eigenvalue weighted by atomic mass is 32.2. The Morgan fingerprint density at radius 2 is 1.72 bits per heavy atom. The number of nitrogens with zero attached hydrogens (tertiary/aromatic N) is 5. The minimum Gasteiger partial charge on any atom is -0.363 e. The van der Waals surface area contributed by atoms with Crippen LogP contribution in [0.2, 0.25) is 0 Å². The number of tetrazole rings is 1. The number of sulfonamides is 1. The van der Waals surface area contributed by atoms with Crippen LogP contribution >= 0.6 is 0 Å². The molecule has 0 bridgehead atoms. The Morgan fingerprint density at radius 3 is 2.38 bits per heavy atom. The lowest BCUT2D eigenvalue weighted by atomic mass is 10.2. The molecule has 1 aromatic heterocycles. The second-order valence-electron chi connectivity index (χ2n) is 6.78. The average molecular weight is 435 g/mol. The van der Waals surface area contributed by atoms with Gasteiger partial charge in [0.15, 0.2) is 15.7 Å². The molecule has 0 amide bonds. The van der Waals surface area contributed by atoms with Gasteiger partial charge in [-0.1, -0.05) is 0 Å². The van der Waals surface area contributed by atoms with Crippen LogP contribution in [-0.4, -0.2) is 49.8 Å². The molecule has 0 unspecified atom stereocenters. The first kappa shape index (κ1) is 19.5. The van der Waals surface area contributed by atoms with Gasteiger partial charge in [0, 0.05) is 18.5 Å². The van der Waals surface area contributed by atoms with Crippen molar-refractivity contribution in [1.82, 2.24) is 20.2 Å². The molecule has 2 N–H and O–H groups in total. The van der Waals surface area contributed by atoms with Crippen LogP contribution in [0.25, 0.3) is 5.69 Å². The summed E-state index contributed by atoms with van der Waals surface area (Å²) in [7, 11) is -7.03. The van der Waals surface area contributed by atoms with Crippen LogP contribution in [-0.2, 0) is 32.8 Å². The maximum atomic E-state index is 11.6. The summed E-state index contributed by atoms with van der Waals surface area (Å²) in [4.78, 5) is 2.36. The summed E-state index contributed by atoms with van der Waals surface area (Å²) in [5, 5.41) is 17.0. The van der Waals surface area contributed by atoms with Crippen molar-refractivity contribution in [2.45, 2.75) is 22.8 Å². The molecule has 0 radical (unpaired) electrons. The number of benzene rings is 2.